The molecule has 5 rings (SSSR count). The van der Waals surface area contributed by atoms with Crippen LogP contribution in [0.3, 0.4) is 0 Å². The van der Waals surface area contributed by atoms with Gasteiger partial charge < -0.3 is 29.3 Å². The van der Waals surface area contributed by atoms with E-state index in [1.807, 2.05) is 83.1 Å². The van der Waals surface area contributed by atoms with E-state index in [1.54, 1.807) is 29.0 Å². The van der Waals surface area contributed by atoms with Gasteiger partial charge in [-0.05, 0) is 62.6 Å². The second-order valence-corrected chi connectivity index (χ2v) is 14.8. The van der Waals surface area contributed by atoms with Gasteiger partial charge in [0.2, 0.25) is 11.8 Å². The number of anilines is 1. The molecule has 0 radical (unpaired) electrons. The van der Waals surface area contributed by atoms with Crippen LogP contribution >= 0.6 is 0 Å². The molecule has 1 spiro atoms. The van der Waals surface area contributed by atoms with Gasteiger partial charge in [-0.15, -0.1) is 13.2 Å². The first-order valence-electron chi connectivity index (χ1n) is 18.6. The number of likely N-dealkylation sites (tertiary alicyclic amines) is 1. The van der Waals surface area contributed by atoms with Gasteiger partial charge in [0.25, 0.3) is 5.91 Å². The summed E-state index contributed by atoms with van der Waals surface area (Å²) in [5.41, 5.74) is 1.94. The minimum absolute atomic E-state index is 0.109. The van der Waals surface area contributed by atoms with Gasteiger partial charge in [-0.25, -0.2) is 0 Å². The molecule has 0 aromatic heterocycles. The summed E-state index contributed by atoms with van der Waals surface area (Å²) in [5, 5.41) is 10.8. The summed E-state index contributed by atoms with van der Waals surface area (Å²) < 4.78 is 13.1. The highest BCUT2D eigenvalue weighted by atomic mass is 16.6. The van der Waals surface area contributed by atoms with Gasteiger partial charge in [0.05, 0.1) is 36.6 Å². The Labute approximate surface area is 308 Å². The number of hydrogen-bond acceptors (Lipinski definition) is 7. The summed E-state index contributed by atoms with van der Waals surface area (Å²) in [6.45, 7) is 17.2. The molecule has 0 aliphatic carbocycles. The first kappa shape index (κ1) is 38.9. The number of fused-ring (bicyclic) bond motifs is 1. The highest BCUT2D eigenvalue weighted by Gasteiger charge is 2.76. The van der Waals surface area contributed by atoms with Gasteiger partial charge in [-0.2, -0.15) is 0 Å². The van der Waals surface area contributed by atoms with Crippen molar-refractivity contribution in [2.24, 2.45) is 17.8 Å². The maximum atomic E-state index is 15.2. The average molecular weight is 714 g/mol. The van der Waals surface area contributed by atoms with Crippen LogP contribution < -0.4 is 4.90 Å². The number of ether oxygens (including phenoxy) is 2. The lowest BCUT2D eigenvalue weighted by Crippen LogP contribution is -2.60. The number of aliphatic hydroxyl groups is 1. The first-order valence-corrected chi connectivity index (χ1v) is 18.6. The Kier molecular flexibility index (Phi) is 12.1. The smallest absolute Gasteiger partial charge is 0.313 e. The van der Waals surface area contributed by atoms with Crippen molar-refractivity contribution in [1.29, 1.82) is 0 Å². The predicted octanol–water partition coefficient (Wildman–Crippen LogP) is 5.70. The molecule has 2 bridgehead atoms. The Morgan fingerprint density at radius 2 is 1.75 bits per heavy atom. The summed E-state index contributed by atoms with van der Waals surface area (Å²) in [4.78, 5) is 62.5. The second kappa shape index (κ2) is 16.2. The van der Waals surface area contributed by atoms with Crippen molar-refractivity contribution in [2.75, 3.05) is 25.1 Å². The lowest BCUT2D eigenvalue weighted by atomic mass is 9.70. The van der Waals surface area contributed by atoms with Crippen LogP contribution in [0.2, 0.25) is 0 Å². The zero-order chi connectivity index (χ0) is 37.9. The number of esters is 1. The number of nitrogens with zero attached hydrogens (tertiary/aromatic N) is 3. The van der Waals surface area contributed by atoms with Crippen molar-refractivity contribution >= 4 is 29.4 Å². The predicted molar refractivity (Wildman–Crippen MR) is 200 cm³/mol. The number of rotatable bonds is 16. The van der Waals surface area contributed by atoms with Crippen LogP contribution in [0.1, 0.15) is 75.7 Å². The average Bonchev–Trinajstić information content (AvgIpc) is 3.79. The molecular weight excluding hydrogens is 658 g/mol. The van der Waals surface area contributed by atoms with Crippen LogP contribution in [0.25, 0.3) is 0 Å². The van der Waals surface area contributed by atoms with Crippen LogP contribution in [0.4, 0.5) is 5.69 Å². The molecule has 10 heteroatoms. The summed E-state index contributed by atoms with van der Waals surface area (Å²) in [6.07, 6.45) is 4.20. The Morgan fingerprint density at radius 3 is 2.35 bits per heavy atom. The molecule has 3 amide bonds. The number of benzene rings is 2. The zero-order valence-corrected chi connectivity index (χ0v) is 31.5. The molecule has 1 N–H and O–H groups in total. The van der Waals surface area contributed by atoms with Crippen LogP contribution in [-0.2, 0) is 28.7 Å². The number of aliphatic hydroxyl groups excluding tert-OH is 1. The van der Waals surface area contributed by atoms with Crippen LogP contribution in [0, 0.1) is 31.6 Å². The number of hydrogen-bond donors (Lipinski definition) is 1. The number of amides is 3. The lowest BCUT2D eigenvalue weighted by molar-refractivity contribution is -0.165. The molecule has 3 fully saturated rings. The van der Waals surface area contributed by atoms with Crippen LogP contribution in [-0.4, -0.2) is 88.6 Å². The fraction of sp³-hybridized carbons (Fsp3) is 0.524. The third-order valence-electron chi connectivity index (χ3n) is 11.8. The highest BCUT2D eigenvalue weighted by molar-refractivity contribution is 6.05. The largest absolute Gasteiger partial charge is 0.455 e. The van der Waals surface area contributed by atoms with Crippen molar-refractivity contribution in [3.05, 3.63) is 90.5 Å². The number of aryl methyl sites for hydroxylation is 2. The lowest BCUT2D eigenvalue weighted by Gasteiger charge is -2.41. The molecule has 9 atom stereocenters. The number of para-hydroxylation sites is 1. The van der Waals surface area contributed by atoms with E-state index >= 15 is 4.79 Å². The Bertz CT molecular complexity index is 1640. The number of carbonyl (C=O) groups excluding carboxylic acids is 4. The molecule has 3 saturated heterocycles. The minimum atomic E-state index is -1.30. The topological polar surface area (TPSA) is 117 Å². The summed E-state index contributed by atoms with van der Waals surface area (Å²) in [5.74, 6) is -3.55. The molecule has 10 nitrogen and oxygen atoms in total. The molecule has 2 aromatic rings. The van der Waals surface area contributed by atoms with Gasteiger partial charge in [-0.3, -0.25) is 19.2 Å². The summed E-state index contributed by atoms with van der Waals surface area (Å²) in [6, 6.07) is 12.8. The van der Waals surface area contributed by atoms with E-state index in [4.69, 9.17) is 9.47 Å². The van der Waals surface area contributed by atoms with Crippen molar-refractivity contribution < 1.29 is 33.8 Å². The molecular formula is C42H55N3O7. The Balaban J connectivity index is 1.56. The van der Waals surface area contributed by atoms with Gasteiger partial charge in [0.1, 0.15) is 17.7 Å². The third kappa shape index (κ3) is 6.83. The Hall–Kier alpha value is -4.28. The van der Waals surface area contributed by atoms with E-state index in [1.165, 1.54) is 4.90 Å². The van der Waals surface area contributed by atoms with Crippen molar-refractivity contribution in [1.82, 2.24) is 9.80 Å². The maximum absolute atomic E-state index is 15.2. The Morgan fingerprint density at radius 1 is 1.08 bits per heavy atom. The van der Waals surface area contributed by atoms with E-state index in [0.29, 0.717) is 31.2 Å². The van der Waals surface area contributed by atoms with Crippen molar-refractivity contribution in [3.63, 3.8) is 0 Å². The molecule has 0 saturated carbocycles. The molecule has 280 valence electrons. The fourth-order valence-electron chi connectivity index (χ4n) is 8.73. The molecule has 3 aliphatic heterocycles. The number of allylic oxidation sites excluding steroid dienone is 1. The molecule has 52 heavy (non-hydrogen) atoms. The molecule has 3 aliphatic rings. The summed E-state index contributed by atoms with van der Waals surface area (Å²) >= 11 is 0. The number of likely N-dealkylation sites (N-methyl/N-ethyl adjacent to an activating group) is 1. The van der Waals surface area contributed by atoms with Gasteiger partial charge in [-0.1, -0.05) is 81.0 Å². The van der Waals surface area contributed by atoms with Gasteiger partial charge in [0, 0.05) is 25.7 Å². The quantitative estimate of drug-likeness (QED) is 0.175. The molecule has 0 unspecified atom stereocenters. The van der Waals surface area contributed by atoms with Crippen LogP contribution in [0.15, 0.2) is 73.8 Å². The molecule has 2 aromatic carbocycles. The van der Waals surface area contributed by atoms with Gasteiger partial charge >= 0.3 is 5.97 Å². The van der Waals surface area contributed by atoms with Gasteiger partial charge in [0.15, 0.2) is 0 Å². The fourth-order valence-corrected chi connectivity index (χ4v) is 8.73. The van der Waals surface area contributed by atoms with Crippen molar-refractivity contribution in [2.45, 2.75) is 103 Å². The van der Waals surface area contributed by atoms with E-state index in [9.17, 15) is 19.5 Å². The summed E-state index contributed by atoms with van der Waals surface area (Å²) in [7, 11) is 1.69. The standard InChI is InChI=1S/C42H55N3O7/c1-9-12-21-33(47)43(8)29(7)37(30-19-14-13-15-20-30)51-41(50)34-32-22-23-42(52-32)35(34)39(48)45(31(25-46)26(4)11-3)38(42)40(49)44(24-10-2)36-27(5)17-16-18-28(36)6/h9-10,13-20,26,29,31-32,34-35,37-38,46H,1-2,11-12,21-25H2,3-8H3/t26-,29+,31-,32-,34+,35+,37-,38-,42+/m0/s1. The zero-order valence-electron chi connectivity index (χ0n) is 31.5. The number of carbonyl (C=O) groups is 4. The highest BCUT2D eigenvalue weighted by Crippen LogP contribution is 2.60. The van der Waals surface area contributed by atoms with E-state index in [-0.39, 0.29) is 43.2 Å². The van der Waals surface area contributed by atoms with E-state index < -0.39 is 53.7 Å². The SMILES string of the molecule is C=CCCC(=O)N(C)[C@H](C)[C@H](OC(=O)[C@@H]1[C@@H]2CC[C@]3(O2)[C@H](C(=O)N(CC=C)c2c(C)cccc2C)N([C@@H](CO)[C@@H](C)CC)C(=O)[C@@H]13)c1ccccc1. The molecule has 3 heterocycles. The van der Waals surface area contributed by atoms with E-state index in [2.05, 4.69) is 13.2 Å². The maximum Gasteiger partial charge on any atom is 0.313 e. The normalized spacial score (nSPS) is 25.5. The monoisotopic (exact) mass is 713 g/mol. The third-order valence-corrected chi connectivity index (χ3v) is 11.8. The second-order valence-electron chi connectivity index (χ2n) is 14.8. The van der Waals surface area contributed by atoms with E-state index in [0.717, 1.165) is 16.8 Å². The first-order chi connectivity index (χ1) is 24.9. The minimum Gasteiger partial charge on any atom is -0.455 e. The van der Waals surface area contributed by atoms with Crippen molar-refractivity contribution in [3.8, 4) is 0 Å². The van der Waals surface area contributed by atoms with Crippen LogP contribution in [0.5, 0.6) is 0 Å².